The van der Waals surface area contributed by atoms with E-state index in [1.54, 1.807) is 11.3 Å². The van der Waals surface area contributed by atoms with E-state index in [0.29, 0.717) is 11.1 Å². The number of hydrogen-bond donors (Lipinski definition) is 0. The van der Waals surface area contributed by atoms with Gasteiger partial charge in [0.05, 0.1) is 16.3 Å². The van der Waals surface area contributed by atoms with Gasteiger partial charge < -0.3 is 4.74 Å². The molecule has 4 nitrogen and oxygen atoms in total. The molecule has 0 unspecified atom stereocenters. The van der Waals surface area contributed by atoms with E-state index >= 15 is 0 Å². The van der Waals surface area contributed by atoms with Crippen molar-refractivity contribution in [2.45, 2.75) is 25.5 Å². The molecule has 1 atom stereocenters. The van der Waals surface area contributed by atoms with Crippen LogP contribution in [0.1, 0.15) is 39.6 Å². The Labute approximate surface area is 228 Å². The van der Waals surface area contributed by atoms with E-state index in [1.165, 1.54) is 32.9 Å². The molecule has 1 aliphatic carbocycles. The van der Waals surface area contributed by atoms with Crippen LogP contribution in [0.15, 0.2) is 112 Å². The SMILES string of the molecule is O=c1/c(=C\c2ccc(OCc3ccccc3)cc2)sc2n1[C@@H](c1cccs1)C1=C(N=2)c2ccccc2CC1. The van der Waals surface area contributed by atoms with Gasteiger partial charge in [0.15, 0.2) is 4.80 Å². The van der Waals surface area contributed by atoms with E-state index in [4.69, 9.17) is 9.73 Å². The minimum atomic E-state index is -0.106. The van der Waals surface area contributed by atoms with Crippen molar-refractivity contribution >= 4 is 34.4 Å². The minimum Gasteiger partial charge on any atom is -0.489 e. The summed E-state index contributed by atoms with van der Waals surface area (Å²) in [5, 5.41) is 2.09. The molecule has 1 aliphatic heterocycles. The summed E-state index contributed by atoms with van der Waals surface area (Å²) in [5.41, 5.74) is 6.91. The van der Waals surface area contributed by atoms with Gasteiger partial charge in [-0.05, 0) is 64.8 Å². The number of benzene rings is 3. The smallest absolute Gasteiger partial charge is 0.271 e. The van der Waals surface area contributed by atoms with Crippen molar-refractivity contribution in [2.75, 3.05) is 0 Å². The van der Waals surface area contributed by atoms with Gasteiger partial charge in [-0.25, -0.2) is 4.99 Å². The van der Waals surface area contributed by atoms with Crippen molar-refractivity contribution in [3.05, 3.63) is 149 Å². The molecule has 3 heterocycles. The lowest BCUT2D eigenvalue weighted by Gasteiger charge is -2.30. The first-order valence-electron chi connectivity index (χ1n) is 12.7. The third-order valence-electron chi connectivity index (χ3n) is 7.11. The summed E-state index contributed by atoms with van der Waals surface area (Å²) in [6.45, 7) is 0.523. The number of ether oxygens (including phenoxy) is 1. The van der Waals surface area contributed by atoms with E-state index < -0.39 is 0 Å². The molecule has 0 bridgehead atoms. The highest BCUT2D eigenvalue weighted by Gasteiger charge is 2.32. The Morgan fingerprint density at radius 1 is 0.921 bits per heavy atom. The maximum absolute atomic E-state index is 13.8. The Balaban J connectivity index is 1.27. The number of thiophene rings is 1. The van der Waals surface area contributed by atoms with Crippen LogP contribution in [-0.2, 0) is 13.0 Å². The molecule has 2 aliphatic rings. The number of hydrogen-bond acceptors (Lipinski definition) is 5. The molecule has 2 aromatic heterocycles. The van der Waals surface area contributed by atoms with Gasteiger partial charge in [0.1, 0.15) is 12.4 Å². The topological polar surface area (TPSA) is 43.6 Å². The highest BCUT2D eigenvalue weighted by Crippen LogP contribution is 2.42. The van der Waals surface area contributed by atoms with Gasteiger partial charge >= 0.3 is 0 Å². The highest BCUT2D eigenvalue weighted by atomic mass is 32.1. The molecule has 0 saturated heterocycles. The summed E-state index contributed by atoms with van der Waals surface area (Å²) in [4.78, 5) is 20.8. The minimum absolute atomic E-state index is 0.0157. The molecular weight excluding hydrogens is 508 g/mol. The molecule has 6 heteroatoms. The molecule has 186 valence electrons. The third-order valence-corrected chi connectivity index (χ3v) is 9.02. The quantitative estimate of drug-likeness (QED) is 0.280. The molecule has 0 amide bonds. The first-order chi connectivity index (χ1) is 18.7. The zero-order chi connectivity index (χ0) is 25.5. The molecule has 0 N–H and O–H groups in total. The standard InChI is InChI=1S/C32H24N2O2S2/c35-31-28(19-21-12-15-24(16-13-21)36-20-22-7-2-1-3-8-22)38-32-33-29-25-10-5-4-9-23(25)14-17-26(29)30(34(31)32)27-11-6-18-37-27/h1-13,15-16,18-19,30H,14,17,20H2/b28-19+/t30-/m1/s1. The van der Waals surface area contributed by atoms with Crippen molar-refractivity contribution in [3.8, 4) is 5.75 Å². The number of thiazole rings is 1. The van der Waals surface area contributed by atoms with Gasteiger partial charge in [0, 0.05) is 10.4 Å². The Morgan fingerprint density at radius 3 is 2.55 bits per heavy atom. The van der Waals surface area contributed by atoms with Crippen LogP contribution in [0.4, 0.5) is 0 Å². The second-order valence-electron chi connectivity index (χ2n) is 9.47. The Kier molecular flexibility index (Phi) is 5.91. The van der Waals surface area contributed by atoms with Crippen molar-refractivity contribution in [1.29, 1.82) is 0 Å². The monoisotopic (exact) mass is 532 g/mol. The molecule has 0 radical (unpaired) electrons. The van der Waals surface area contributed by atoms with Gasteiger partial charge in [-0.3, -0.25) is 9.36 Å². The molecule has 0 fully saturated rings. The summed E-state index contributed by atoms with van der Waals surface area (Å²) >= 11 is 3.17. The van der Waals surface area contributed by atoms with Gasteiger partial charge in [0.25, 0.3) is 5.56 Å². The van der Waals surface area contributed by atoms with Crippen LogP contribution >= 0.6 is 22.7 Å². The van der Waals surface area contributed by atoms with Crippen LogP contribution in [0.3, 0.4) is 0 Å². The van der Waals surface area contributed by atoms with Crippen LogP contribution in [0, 0.1) is 0 Å². The largest absolute Gasteiger partial charge is 0.489 e. The molecular formula is C32H24N2O2S2. The maximum Gasteiger partial charge on any atom is 0.271 e. The van der Waals surface area contributed by atoms with Gasteiger partial charge in [-0.15, -0.1) is 11.3 Å². The lowest BCUT2D eigenvalue weighted by Crippen LogP contribution is -2.38. The second-order valence-corrected chi connectivity index (χ2v) is 11.5. The fourth-order valence-corrected chi connectivity index (χ4v) is 7.12. The average molecular weight is 533 g/mol. The third kappa shape index (κ3) is 4.16. The molecule has 38 heavy (non-hydrogen) atoms. The molecule has 7 rings (SSSR count). The molecule has 3 aromatic carbocycles. The lowest BCUT2D eigenvalue weighted by atomic mass is 9.85. The number of nitrogens with zero attached hydrogens (tertiary/aromatic N) is 2. The van der Waals surface area contributed by atoms with E-state index in [1.807, 2.05) is 65.2 Å². The van der Waals surface area contributed by atoms with Crippen molar-refractivity contribution in [3.63, 3.8) is 0 Å². The number of fused-ring (bicyclic) bond motifs is 3. The summed E-state index contributed by atoms with van der Waals surface area (Å²) in [5.74, 6) is 0.802. The molecule has 0 saturated carbocycles. The van der Waals surface area contributed by atoms with Gasteiger partial charge in [0.2, 0.25) is 0 Å². The summed E-state index contributed by atoms with van der Waals surface area (Å²) in [6.07, 6.45) is 3.84. The highest BCUT2D eigenvalue weighted by molar-refractivity contribution is 7.10. The Morgan fingerprint density at radius 2 is 1.74 bits per heavy atom. The lowest BCUT2D eigenvalue weighted by molar-refractivity contribution is 0.306. The van der Waals surface area contributed by atoms with Crippen molar-refractivity contribution in [1.82, 2.24) is 4.57 Å². The summed E-state index contributed by atoms with van der Waals surface area (Å²) < 4.78 is 8.53. The first-order valence-corrected chi connectivity index (χ1v) is 14.4. The predicted octanol–water partition coefficient (Wildman–Crippen LogP) is 5.96. The fourth-order valence-electron chi connectivity index (χ4n) is 5.27. The van der Waals surface area contributed by atoms with Crippen LogP contribution in [0.25, 0.3) is 11.8 Å². The number of allylic oxidation sites excluding steroid dienone is 1. The number of aryl methyl sites for hydroxylation is 1. The predicted molar refractivity (Wildman–Crippen MR) is 154 cm³/mol. The van der Waals surface area contributed by atoms with Gasteiger partial charge in [-0.1, -0.05) is 84.1 Å². The first kappa shape index (κ1) is 23.1. The van der Waals surface area contributed by atoms with E-state index in [2.05, 4.69) is 41.8 Å². The van der Waals surface area contributed by atoms with E-state index in [-0.39, 0.29) is 11.6 Å². The normalized spacial score (nSPS) is 16.4. The zero-order valence-electron chi connectivity index (χ0n) is 20.5. The van der Waals surface area contributed by atoms with Gasteiger partial charge in [-0.2, -0.15) is 0 Å². The van der Waals surface area contributed by atoms with Crippen LogP contribution in [0.5, 0.6) is 5.75 Å². The number of rotatable bonds is 5. The maximum atomic E-state index is 13.8. The summed E-state index contributed by atoms with van der Waals surface area (Å²) in [6, 6.07) is 30.6. The van der Waals surface area contributed by atoms with E-state index in [0.717, 1.165) is 40.2 Å². The molecule has 0 spiro atoms. The average Bonchev–Trinajstić information content (AvgIpc) is 3.60. The van der Waals surface area contributed by atoms with E-state index in [9.17, 15) is 4.79 Å². The van der Waals surface area contributed by atoms with Crippen LogP contribution in [-0.4, -0.2) is 4.57 Å². The molecule has 5 aromatic rings. The number of aromatic nitrogens is 1. The Hall–Kier alpha value is -4.00. The van der Waals surface area contributed by atoms with Crippen molar-refractivity contribution in [2.24, 2.45) is 4.99 Å². The van der Waals surface area contributed by atoms with Crippen LogP contribution < -0.4 is 19.6 Å². The summed E-state index contributed by atoms with van der Waals surface area (Å²) in [7, 11) is 0. The van der Waals surface area contributed by atoms with Crippen LogP contribution in [0.2, 0.25) is 0 Å². The Bertz CT molecular complexity index is 1830. The van der Waals surface area contributed by atoms with Crippen molar-refractivity contribution < 1.29 is 4.74 Å². The second kappa shape index (κ2) is 9.71. The fraction of sp³-hybridized carbons (Fsp3) is 0.125. The zero-order valence-corrected chi connectivity index (χ0v) is 22.2.